The van der Waals surface area contributed by atoms with Gasteiger partial charge in [-0.3, -0.25) is 4.98 Å². The first-order chi connectivity index (χ1) is 16.4. The normalized spacial score (nSPS) is 15.2. The number of anilines is 1. The van der Waals surface area contributed by atoms with E-state index in [2.05, 4.69) is 114 Å². The van der Waals surface area contributed by atoms with Crippen molar-refractivity contribution >= 4 is 28.0 Å². The predicted molar refractivity (Wildman–Crippen MR) is 136 cm³/mol. The van der Waals surface area contributed by atoms with Gasteiger partial charge in [-0.2, -0.15) is 0 Å². The highest BCUT2D eigenvalue weighted by atomic mass is 15.2. The molecule has 2 heterocycles. The van der Waals surface area contributed by atoms with Crippen molar-refractivity contribution in [1.29, 1.82) is 0 Å². The number of amidine groups is 1. The number of aliphatic imine (C=N–C) groups is 1. The molecule has 0 radical (unpaired) electrons. The van der Waals surface area contributed by atoms with E-state index in [0.717, 1.165) is 34.9 Å². The van der Waals surface area contributed by atoms with Crippen molar-refractivity contribution in [2.45, 2.75) is 12.5 Å². The molecule has 0 fully saturated rings. The van der Waals surface area contributed by atoms with Crippen LogP contribution in [0.1, 0.15) is 22.9 Å². The van der Waals surface area contributed by atoms with Crippen LogP contribution >= 0.6 is 0 Å². The number of hydrogen-bond donors (Lipinski definition) is 0. The molecule has 5 aromatic rings. The van der Waals surface area contributed by atoms with Gasteiger partial charge in [0.1, 0.15) is 5.84 Å². The molecule has 4 aromatic carbocycles. The van der Waals surface area contributed by atoms with Crippen molar-refractivity contribution in [1.82, 2.24) is 4.98 Å². The second kappa shape index (κ2) is 8.36. The summed E-state index contributed by atoms with van der Waals surface area (Å²) in [4.78, 5) is 12.4. The molecule has 0 spiro atoms. The first-order valence-electron chi connectivity index (χ1n) is 11.3. The van der Waals surface area contributed by atoms with Crippen LogP contribution in [0.15, 0.2) is 126 Å². The minimum absolute atomic E-state index is 0.0645. The van der Waals surface area contributed by atoms with Crippen LogP contribution in [0.25, 0.3) is 10.8 Å². The minimum atomic E-state index is 0.0645. The summed E-state index contributed by atoms with van der Waals surface area (Å²) in [6, 6.07) is 40.2. The monoisotopic (exact) mass is 425 g/mol. The standard InChI is InChI=1S/C30H23N3/c1-3-12-23(13-4-1)30-32-27-18-10-9-17-26(27)29(33(30)24-14-5-2-6-15-24)21-28-25-16-8-7-11-22(25)19-20-31-28/h1-20,29H,21H2. The molecule has 6 rings (SSSR count). The lowest BCUT2D eigenvalue weighted by Gasteiger charge is -2.38. The number of aromatic nitrogens is 1. The van der Waals surface area contributed by atoms with Crippen molar-refractivity contribution < 1.29 is 0 Å². The molecule has 0 saturated heterocycles. The Balaban J connectivity index is 1.56. The van der Waals surface area contributed by atoms with Crippen LogP contribution < -0.4 is 4.90 Å². The van der Waals surface area contributed by atoms with E-state index in [1.165, 1.54) is 16.3 Å². The number of para-hydroxylation sites is 2. The zero-order chi connectivity index (χ0) is 22.0. The molecule has 0 bridgehead atoms. The number of nitrogens with zero attached hydrogens (tertiary/aromatic N) is 3. The highest BCUT2D eigenvalue weighted by Crippen LogP contribution is 2.41. The number of benzene rings is 4. The highest BCUT2D eigenvalue weighted by molar-refractivity contribution is 6.12. The number of fused-ring (bicyclic) bond motifs is 2. The average Bonchev–Trinajstić information content (AvgIpc) is 2.89. The molecule has 0 aliphatic carbocycles. The molecule has 3 heteroatoms. The molecular formula is C30H23N3. The van der Waals surface area contributed by atoms with Gasteiger partial charge in [-0.25, -0.2) is 4.99 Å². The Hall–Kier alpha value is -4.24. The van der Waals surface area contributed by atoms with E-state index in [0.29, 0.717) is 0 Å². The van der Waals surface area contributed by atoms with Gasteiger partial charge in [0.05, 0.1) is 17.4 Å². The summed E-state index contributed by atoms with van der Waals surface area (Å²) in [6.07, 6.45) is 2.70. The molecule has 33 heavy (non-hydrogen) atoms. The summed E-state index contributed by atoms with van der Waals surface area (Å²) in [5.41, 5.74) is 5.57. The fourth-order valence-electron chi connectivity index (χ4n) is 4.74. The van der Waals surface area contributed by atoms with E-state index in [9.17, 15) is 0 Å². The summed E-state index contributed by atoms with van der Waals surface area (Å²) >= 11 is 0. The number of pyridine rings is 1. The Bertz CT molecular complexity index is 1440. The summed E-state index contributed by atoms with van der Waals surface area (Å²) in [5, 5.41) is 2.42. The fourth-order valence-corrected chi connectivity index (χ4v) is 4.74. The van der Waals surface area contributed by atoms with Gasteiger partial charge in [-0.15, -0.1) is 0 Å². The van der Waals surface area contributed by atoms with Gasteiger partial charge in [0, 0.05) is 34.8 Å². The van der Waals surface area contributed by atoms with Crippen LogP contribution in [0.3, 0.4) is 0 Å². The molecule has 1 aliphatic rings. The van der Waals surface area contributed by atoms with Gasteiger partial charge in [-0.1, -0.05) is 91.0 Å². The van der Waals surface area contributed by atoms with E-state index in [-0.39, 0.29) is 6.04 Å². The minimum Gasteiger partial charge on any atom is -0.318 e. The maximum absolute atomic E-state index is 5.15. The number of rotatable bonds is 4. The van der Waals surface area contributed by atoms with Crippen molar-refractivity contribution in [3.05, 3.63) is 138 Å². The predicted octanol–water partition coefficient (Wildman–Crippen LogP) is 7.12. The molecule has 3 nitrogen and oxygen atoms in total. The van der Waals surface area contributed by atoms with Gasteiger partial charge >= 0.3 is 0 Å². The third-order valence-electron chi connectivity index (χ3n) is 6.27. The smallest absolute Gasteiger partial charge is 0.141 e. The first-order valence-corrected chi connectivity index (χ1v) is 11.3. The van der Waals surface area contributed by atoms with E-state index in [1.807, 2.05) is 12.3 Å². The molecule has 1 atom stereocenters. The highest BCUT2D eigenvalue weighted by Gasteiger charge is 2.32. The summed E-state index contributed by atoms with van der Waals surface area (Å²) in [6.45, 7) is 0. The lowest BCUT2D eigenvalue weighted by Crippen LogP contribution is -2.39. The molecular weight excluding hydrogens is 402 g/mol. The van der Waals surface area contributed by atoms with Crippen LogP contribution in [0, 0.1) is 0 Å². The zero-order valence-corrected chi connectivity index (χ0v) is 18.2. The largest absolute Gasteiger partial charge is 0.318 e. The summed E-state index contributed by atoms with van der Waals surface area (Å²) < 4.78 is 0. The Morgan fingerprint density at radius 3 is 2.21 bits per heavy atom. The van der Waals surface area contributed by atoms with Crippen molar-refractivity contribution in [2.24, 2.45) is 4.99 Å². The van der Waals surface area contributed by atoms with Crippen LogP contribution in [0.4, 0.5) is 11.4 Å². The van der Waals surface area contributed by atoms with Gasteiger partial charge in [-0.05, 0) is 29.7 Å². The Morgan fingerprint density at radius 1 is 0.667 bits per heavy atom. The molecule has 1 aromatic heterocycles. The SMILES string of the molecule is c1ccc(C2=Nc3ccccc3C(Cc3nccc4ccccc34)N2c2ccccc2)cc1. The quantitative estimate of drug-likeness (QED) is 0.307. The van der Waals surface area contributed by atoms with E-state index in [4.69, 9.17) is 9.98 Å². The summed E-state index contributed by atoms with van der Waals surface area (Å²) in [7, 11) is 0. The van der Waals surface area contributed by atoms with Crippen molar-refractivity contribution in [3.63, 3.8) is 0 Å². The molecule has 1 unspecified atom stereocenters. The van der Waals surface area contributed by atoms with E-state index in [1.54, 1.807) is 0 Å². The van der Waals surface area contributed by atoms with Crippen LogP contribution in [0.2, 0.25) is 0 Å². The molecule has 158 valence electrons. The van der Waals surface area contributed by atoms with Crippen LogP contribution in [0.5, 0.6) is 0 Å². The van der Waals surface area contributed by atoms with Crippen molar-refractivity contribution in [2.75, 3.05) is 4.90 Å². The summed E-state index contributed by atoms with van der Waals surface area (Å²) in [5.74, 6) is 0.964. The Labute approximate surface area is 193 Å². The molecule has 0 amide bonds. The Morgan fingerprint density at radius 2 is 1.36 bits per heavy atom. The van der Waals surface area contributed by atoms with Gasteiger partial charge in [0.25, 0.3) is 0 Å². The van der Waals surface area contributed by atoms with E-state index >= 15 is 0 Å². The van der Waals surface area contributed by atoms with Gasteiger partial charge < -0.3 is 4.90 Å². The third kappa shape index (κ3) is 3.58. The lowest BCUT2D eigenvalue weighted by atomic mass is 9.93. The molecule has 0 saturated carbocycles. The van der Waals surface area contributed by atoms with Crippen molar-refractivity contribution in [3.8, 4) is 0 Å². The Kier molecular flexibility index (Phi) is 4.93. The fraction of sp³-hybridized carbons (Fsp3) is 0.0667. The molecule has 1 aliphatic heterocycles. The van der Waals surface area contributed by atoms with Crippen LogP contribution in [-0.2, 0) is 6.42 Å². The topological polar surface area (TPSA) is 28.5 Å². The zero-order valence-electron chi connectivity index (χ0n) is 18.2. The third-order valence-corrected chi connectivity index (χ3v) is 6.27. The average molecular weight is 426 g/mol. The maximum atomic E-state index is 5.15. The first kappa shape index (κ1) is 19.4. The number of hydrogen-bond acceptors (Lipinski definition) is 3. The lowest BCUT2D eigenvalue weighted by molar-refractivity contribution is 0.689. The second-order valence-electron chi connectivity index (χ2n) is 8.26. The maximum Gasteiger partial charge on any atom is 0.141 e. The second-order valence-corrected chi connectivity index (χ2v) is 8.26. The van der Waals surface area contributed by atoms with Crippen LogP contribution in [-0.4, -0.2) is 10.8 Å². The molecule has 0 N–H and O–H groups in total. The van der Waals surface area contributed by atoms with Gasteiger partial charge in [0.15, 0.2) is 0 Å². The van der Waals surface area contributed by atoms with Gasteiger partial charge in [0.2, 0.25) is 0 Å². The van der Waals surface area contributed by atoms with E-state index < -0.39 is 0 Å².